The Morgan fingerprint density at radius 3 is 2.68 bits per heavy atom. The van der Waals surface area contributed by atoms with Crippen LogP contribution in [0.15, 0.2) is 18.2 Å². The summed E-state index contributed by atoms with van der Waals surface area (Å²) >= 11 is 0. The van der Waals surface area contributed by atoms with Gasteiger partial charge in [-0.3, -0.25) is 4.79 Å². The SMILES string of the molecule is O=C(NCCN1CCCCC1)c1cccc(O)c1O. The molecule has 1 aliphatic heterocycles. The second kappa shape index (κ2) is 6.43. The molecule has 1 heterocycles. The van der Waals surface area contributed by atoms with Crippen LogP contribution in [-0.4, -0.2) is 47.2 Å². The Hall–Kier alpha value is -1.75. The van der Waals surface area contributed by atoms with Crippen LogP contribution in [-0.2, 0) is 0 Å². The zero-order valence-electron chi connectivity index (χ0n) is 10.9. The second-order valence-electron chi connectivity index (χ2n) is 4.83. The molecule has 5 nitrogen and oxygen atoms in total. The minimum absolute atomic E-state index is 0.110. The molecule has 0 bridgehead atoms. The number of aromatic hydroxyl groups is 2. The first-order chi connectivity index (χ1) is 9.18. The quantitative estimate of drug-likeness (QED) is 0.717. The average Bonchev–Trinajstić information content (AvgIpc) is 2.43. The van der Waals surface area contributed by atoms with Crippen molar-refractivity contribution in [3.8, 4) is 11.5 Å². The third-order valence-corrected chi connectivity index (χ3v) is 3.42. The minimum atomic E-state index is -0.363. The van der Waals surface area contributed by atoms with Gasteiger partial charge in [0.1, 0.15) is 0 Å². The Morgan fingerprint density at radius 2 is 1.95 bits per heavy atom. The molecule has 0 spiro atoms. The number of likely N-dealkylation sites (tertiary alicyclic amines) is 1. The molecule has 1 amide bonds. The van der Waals surface area contributed by atoms with Crippen LogP contribution in [0.3, 0.4) is 0 Å². The van der Waals surface area contributed by atoms with Gasteiger partial charge < -0.3 is 20.4 Å². The van der Waals surface area contributed by atoms with Gasteiger partial charge in [-0.25, -0.2) is 0 Å². The van der Waals surface area contributed by atoms with E-state index in [-0.39, 0.29) is 23.0 Å². The smallest absolute Gasteiger partial charge is 0.255 e. The van der Waals surface area contributed by atoms with E-state index in [1.807, 2.05) is 0 Å². The number of benzene rings is 1. The van der Waals surface area contributed by atoms with Crippen molar-refractivity contribution in [3.63, 3.8) is 0 Å². The number of nitrogens with zero attached hydrogens (tertiary/aromatic N) is 1. The van der Waals surface area contributed by atoms with Crippen molar-refractivity contribution in [2.75, 3.05) is 26.2 Å². The molecule has 0 atom stereocenters. The summed E-state index contributed by atoms with van der Waals surface area (Å²) < 4.78 is 0. The number of phenols is 2. The van der Waals surface area contributed by atoms with E-state index in [9.17, 15) is 15.0 Å². The second-order valence-corrected chi connectivity index (χ2v) is 4.83. The molecule has 1 saturated heterocycles. The number of hydrogen-bond donors (Lipinski definition) is 3. The normalized spacial score (nSPS) is 16.2. The van der Waals surface area contributed by atoms with E-state index in [4.69, 9.17) is 0 Å². The lowest BCUT2D eigenvalue weighted by atomic mass is 10.1. The molecule has 19 heavy (non-hydrogen) atoms. The monoisotopic (exact) mass is 264 g/mol. The molecule has 104 valence electrons. The molecule has 3 N–H and O–H groups in total. The lowest BCUT2D eigenvalue weighted by molar-refractivity contribution is 0.0943. The van der Waals surface area contributed by atoms with Gasteiger partial charge in [0.05, 0.1) is 5.56 Å². The first kappa shape index (κ1) is 13.7. The molecule has 1 aromatic carbocycles. The highest BCUT2D eigenvalue weighted by Gasteiger charge is 2.14. The summed E-state index contributed by atoms with van der Waals surface area (Å²) in [6.07, 6.45) is 3.74. The van der Waals surface area contributed by atoms with E-state index in [0.717, 1.165) is 19.6 Å². The van der Waals surface area contributed by atoms with Gasteiger partial charge in [-0.1, -0.05) is 12.5 Å². The van der Waals surface area contributed by atoms with Gasteiger partial charge in [-0.05, 0) is 38.1 Å². The van der Waals surface area contributed by atoms with Crippen LogP contribution in [0, 0.1) is 0 Å². The Balaban J connectivity index is 1.82. The molecular weight excluding hydrogens is 244 g/mol. The van der Waals surface area contributed by atoms with Crippen LogP contribution < -0.4 is 5.32 Å². The van der Waals surface area contributed by atoms with Crippen molar-refractivity contribution >= 4 is 5.91 Å². The van der Waals surface area contributed by atoms with Crippen LogP contribution in [0.25, 0.3) is 0 Å². The summed E-state index contributed by atoms with van der Waals surface area (Å²) in [5.74, 6) is -0.993. The number of phenolic OH excluding ortho intramolecular Hbond substituents is 2. The highest BCUT2D eigenvalue weighted by molar-refractivity contribution is 5.97. The van der Waals surface area contributed by atoms with Crippen LogP contribution >= 0.6 is 0 Å². The van der Waals surface area contributed by atoms with Crippen molar-refractivity contribution in [2.45, 2.75) is 19.3 Å². The number of carbonyl (C=O) groups is 1. The van der Waals surface area contributed by atoms with Crippen molar-refractivity contribution < 1.29 is 15.0 Å². The van der Waals surface area contributed by atoms with E-state index in [1.54, 1.807) is 0 Å². The zero-order chi connectivity index (χ0) is 13.7. The fraction of sp³-hybridized carbons (Fsp3) is 0.500. The van der Waals surface area contributed by atoms with Crippen molar-refractivity contribution in [3.05, 3.63) is 23.8 Å². The summed E-state index contributed by atoms with van der Waals surface area (Å²) in [4.78, 5) is 14.2. The molecule has 1 aliphatic rings. The predicted molar refractivity (Wildman–Crippen MR) is 72.4 cm³/mol. The highest BCUT2D eigenvalue weighted by atomic mass is 16.3. The van der Waals surface area contributed by atoms with Crippen LogP contribution in [0.1, 0.15) is 29.6 Å². The fourth-order valence-electron chi connectivity index (χ4n) is 2.32. The lowest BCUT2D eigenvalue weighted by Gasteiger charge is -2.26. The van der Waals surface area contributed by atoms with Gasteiger partial charge in [-0.2, -0.15) is 0 Å². The summed E-state index contributed by atoms with van der Waals surface area (Å²) in [5.41, 5.74) is 0.110. The molecule has 1 fully saturated rings. The number of para-hydroxylation sites is 1. The number of amides is 1. The van der Waals surface area contributed by atoms with E-state index < -0.39 is 0 Å². The average molecular weight is 264 g/mol. The molecule has 0 radical (unpaired) electrons. The summed E-state index contributed by atoms with van der Waals surface area (Å²) in [6.45, 7) is 3.56. The zero-order valence-corrected chi connectivity index (χ0v) is 10.9. The Kier molecular flexibility index (Phi) is 4.63. The standard InChI is InChI=1S/C14H20N2O3/c17-12-6-4-5-11(13(12)18)14(19)15-7-10-16-8-2-1-3-9-16/h4-6,17-18H,1-3,7-10H2,(H,15,19). The number of piperidine rings is 1. The van der Waals surface area contributed by atoms with E-state index in [0.29, 0.717) is 6.54 Å². The summed E-state index contributed by atoms with van der Waals surface area (Å²) in [7, 11) is 0. The molecule has 0 saturated carbocycles. The van der Waals surface area contributed by atoms with Gasteiger partial charge in [0.15, 0.2) is 11.5 Å². The van der Waals surface area contributed by atoms with Crippen molar-refractivity contribution in [1.82, 2.24) is 10.2 Å². The molecule has 1 aromatic rings. The maximum atomic E-state index is 11.9. The molecule has 2 rings (SSSR count). The maximum absolute atomic E-state index is 11.9. The molecule has 0 aliphatic carbocycles. The van der Waals surface area contributed by atoms with Gasteiger partial charge in [-0.15, -0.1) is 0 Å². The fourth-order valence-corrected chi connectivity index (χ4v) is 2.32. The highest BCUT2D eigenvalue weighted by Crippen LogP contribution is 2.27. The molecular formula is C14H20N2O3. The third-order valence-electron chi connectivity index (χ3n) is 3.42. The van der Waals surface area contributed by atoms with Crippen LogP contribution in [0.2, 0.25) is 0 Å². The molecule has 0 unspecified atom stereocenters. The summed E-state index contributed by atoms with van der Waals surface area (Å²) in [5, 5.41) is 21.7. The number of rotatable bonds is 4. The maximum Gasteiger partial charge on any atom is 0.255 e. The Morgan fingerprint density at radius 1 is 1.21 bits per heavy atom. The largest absolute Gasteiger partial charge is 0.504 e. The van der Waals surface area contributed by atoms with E-state index >= 15 is 0 Å². The molecule has 5 heteroatoms. The lowest BCUT2D eigenvalue weighted by Crippen LogP contribution is -2.37. The van der Waals surface area contributed by atoms with Crippen LogP contribution in [0.5, 0.6) is 11.5 Å². The van der Waals surface area contributed by atoms with E-state index in [2.05, 4.69) is 10.2 Å². The first-order valence-electron chi connectivity index (χ1n) is 6.70. The topological polar surface area (TPSA) is 72.8 Å². The van der Waals surface area contributed by atoms with Gasteiger partial charge in [0.2, 0.25) is 0 Å². The Labute approximate surface area is 112 Å². The van der Waals surface area contributed by atoms with Gasteiger partial charge >= 0.3 is 0 Å². The minimum Gasteiger partial charge on any atom is -0.504 e. The number of hydrogen-bond acceptors (Lipinski definition) is 4. The van der Waals surface area contributed by atoms with Gasteiger partial charge in [0, 0.05) is 13.1 Å². The van der Waals surface area contributed by atoms with Crippen molar-refractivity contribution in [1.29, 1.82) is 0 Å². The van der Waals surface area contributed by atoms with E-state index in [1.165, 1.54) is 37.5 Å². The van der Waals surface area contributed by atoms with Gasteiger partial charge in [0.25, 0.3) is 5.91 Å². The van der Waals surface area contributed by atoms with Crippen molar-refractivity contribution in [2.24, 2.45) is 0 Å². The summed E-state index contributed by atoms with van der Waals surface area (Å²) in [6, 6.07) is 4.37. The number of nitrogens with one attached hydrogen (secondary N) is 1. The van der Waals surface area contributed by atoms with Crippen LogP contribution in [0.4, 0.5) is 0 Å². The third kappa shape index (κ3) is 3.61. The Bertz CT molecular complexity index is 442. The predicted octanol–water partition coefficient (Wildman–Crippen LogP) is 1.31. The molecule has 0 aromatic heterocycles. The first-order valence-corrected chi connectivity index (χ1v) is 6.70. The number of carbonyl (C=O) groups excluding carboxylic acids is 1.